The molecule has 5 nitrogen and oxygen atoms in total. The molecule has 1 aliphatic carbocycles. The molecule has 0 aliphatic heterocycles. The van der Waals surface area contributed by atoms with Gasteiger partial charge in [0.2, 0.25) is 5.91 Å². The first kappa shape index (κ1) is 19.4. The van der Waals surface area contributed by atoms with Crippen LogP contribution in [0.2, 0.25) is 0 Å². The Morgan fingerprint density at radius 3 is 2.59 bits per heavy atom. The molecule has 0 radical (unpaired) electrons. The predicted octanol–water partition coefficient (Wildman–Crippen LogP) is 4.87. The molecule has 0 saturated heterocycles. The first-order chi connectivity index (χ1) is 13.0. The van der Waals surface area contributed by atoms with Gasteiger partial charge in [0.15, 0.2) is 0 Å². The molecule has 2 amide bonds. The molecule has 0 unspecified atom stereocenters. The summed E-state index contributed by atoms with van der Waals surface area (Å²) in [6.45, 7) is 6.57. The topological polar surface area (TPSA) is 67.4 Å². The molecule has 1 aromatic carbocycles. The van der Waals surface area contributed by atoms with Crippen molar-refractivity contribution in [3.05, 3.63) is 40.3 Å². The average molecular weight is 387 g/mol. The van der Waals surface area contributed by atoms with Crippen LogP contribution in [0.15, 0.2) is 24.3 Å². The first-order valence-electron chi connectivity index (χ1n) is 9.50. The van der Waals surface area contributed by atoms with Crippen LogP contribution in [0.3, 0.4) is 0 Å². The van der Waals surface area contributed by atoms with E-state index in [1.807, 2.05) is 38.1 Å². The summed E-state index contributed by atoms with van der Waals surface area (Å²) in [5, 5.41) is 6.56. The number of hydrogen-bond donors (Lipinski definition) is 2. The molecular formula is C21H26N2O3S. The van der Waals surface area contributed by atoms with Crippen molar-refractivity contribution in [1.29, 1.82) is 0 Å². The fraction of sp³-hybridized carbons (Fsp3) is 0.429. The first-order valence-corrected chi connectivity index (χ1v) is 10.3. The Hall–Kier alpha value is -2.34. The summed E-state index contributed by atoms with van der Waals surface area (Å²) in [6, 6.07) is 7.33. The molecule has 2 aromatic rings. The fourth-order valence-corrected chi connectivity index (χ4v) is 4.71. The summed E-state index contributed by atoms with van der Waals surface area (Å²) in [7, 11) is 0. The van der Waals surface area contributed by atoms with Gasteiger partial charge in [0, 0.05) is 17.0 Å². The maximum Gasteiger partial charge on any atom is 0.258 e. The lowest BCUT2D eigenvalue weighted by Crippen LogP contribution is -2.19. The summed E-state index contributed by atoms with van der Waals surface area (Å²) in [5.41, 5.74) is 2.42. The number of thiophene rings is 1. The van der Waals surface area contributed by atoms with Gasteiger partial charge in [0.05, 0.1) is 12.2 Å². The molecule has 144 valence electrons. The molecule has 1 aromatic heterocycles. The summed E-state index contributed by atoms with van der Waals surface area (Å²) < 4.78 is 5.44. The van der Waals surface area contributed by atoms with Crippen molar-refractivity contribution in [2.75, 3.05) is 17.2 Å². The molecule has 3 rings (SSSR count). The molecule has 27 heavy (non-hydrogen) atoms. The van der Waals surface area contributed by atoms with Gasteiger partial charge in [-0.3, -0.25) is 9.59 Å². The van der Waals surface area contributed by atoms with E-state index in [9.17, 15) is 9.59 Å². The third-order valence-electron chi connectivity index (χ3n) is 4.74. The summed E-state index contributed by atoms with van der Waals surface area (Å²) >= 11 is 1.54. The Morgan fingerprint density at radius 2 is 1.93 bits per heavy atom. The van der Waals surface area contributed by atoms with E-state index < -0.39 is 0 Å². The summed E-state index contributed by atoms with van der Waals surface area (Å²) in [5.74, 6) is 1.13. The van der Waals surface area contributed by atoms with Crippen molar-refractivity contribution in [3.8, 4) is 5.75 Å². The number of carbonyl (C=O) groups excluding carboxylic acids is 2. The number of ether oxygens (including phenoxy) is 1. The number of rotatable bonds is 6. The average Bonchev–Trinajstić information content (AvgIpc) is 3.00. The highest BCUT2D eigenvalue weighted by Crippen LogP contribution is 2.40. The molecular weight excluding hydrogens is 360 g/mol. The number of carbonyl (C=O) groups is 2. The lowest BCUT2D eigenvalue weighted by Gasteiger charge is -2.18. The number of hydrogen-bond acceptors (Lipinski definition) is 4. The largest absolute Gasteiger partial charge is 0.494 e. The fourth-order valence-electron chi connectivity index (χ4n) is 3.29. The molecule has 1 aliphatic rings. The van der Waals surface area contributed by atoms with E-state index in [0.717, 1.165) is 30.6 Å². The van der Waals surface area contributed by atoms with Gasteiger partial charge in [-0.1, -0.05) is 13.8 Å². The van der Waals surface area contributed by atoms with Gasteiger partial charge in [0.1, 0.15) is 10.8 Å². The standard InChI is InChI=1S/C21H26N2O3S/c1-4-18(24)23-21-19(16-11-6-13(3)12-17(16)27-21)20(25)22-14-7-9-15(10-8-14)26-5-2/h7-10,13H,4-6,11-12H2,1-3H3,(H,22,25)(H,23,24)/t13-/m0/s1. The minimum atomic E-state index is -0.169. The molecule has 1 atom stereocenters. The lowest BCUT2D eigenvalue weighted by atomic mass is 9.88. The minimum absolute atomic E-state index is 0.0724. The van der Waals surface area contributed by atoms with Crippen molar-refractivity contribution in [3.63, 3.8) is 0 Å². The van der Waals surface area contributed by atoms with E-state index in [2.05, 4.69) is 17.6 Å². The highest BCUT2D eigenvalue weighted by atomic mass is 32.1. The molecule has 0 fully saturated rings. The van der Waals surface area contributed by atoms with Gasteiger partial charge in [0.25, 0.3) is 5.91 Å². The van der Waals surface area contributed by atoms with Gasteiger partial charge in [-0.15, -0.1) is 11.3 Å². The second-order valence-electron chi connectivity index (χ2n) is 6.87. The maximum atomic E-state index is 13.0. The third kappa shape index (κ3) is 4.50. The van der Waals surface area contributed by atoms with Crippen LogP contribution in [0, 0.1) is 5.92 Å². The number of amides is 2. The quantitative estimate of drug-likeness (QED) is 0.744. The van der Waals surface area contributed by atoms with Crippen molar-refractivity contribution in [1.82, 2.24) is 0 Å². The van der Waals surface area contributed by atoms with Gasteiger partial charge < -0.3 is 15.4 Å². The van der Waals surface area contributed by atoms with E-state index >= 15 is 0 Å². The zero-order valence-corrected chi connectivity index (χ0v) is 16.9. The van der Waals surface area contributed by atoms with Crippen molar-refractivity contribution in [2.24, 2.45) is 5.92 Å². The second kappa shape index (κ2) is 8.57. The highest BCUT2D eigenvalue weighted by Gasteiger charge is 2.28. The molecule has 0 bridgehead atoms. The Morgan fingerprint density at radius 1 is 1.19 bits per heavy atom. The van der Waals surface area contributed by atoms with Crippen LogP contribution in [0.4, 0.5) is 10.7 Å². The van der Waals surface area contributed by atoms with Crippen LogP contribution >= 0.6 is 11.3 Å². The van der Waals surface area contributed by atoms with Crippen LogP contribution in [-0.2, 0) is 17.6 Å². The Kier molecular flexibility index (Phi) is 6.16. The second-order valence-corrected chi connectivity index (χ2v) is 7.97. The van der Waals surface area contributed by atoms with Gasteiger partial charge >= 0.3 is 0 Å². The molecule has 0 spiro atoms. The monoisotopic (exact) mass is 386 g/mol. The Balaban J connectivity index is 1.86. The van der Waals surface area contributed by atoms with E-state index in [0.29, 0.717) is 35.2 Å². The number of benzene rings is 1. The van der Waals surface area contributed by atoms with Crippen molar-refractivity contribution in [2.45, 2.75) is 46.5 Å². The zero-order chi connectivity index (χ0) is 19.4. The molecule has 1 heterocycles. The van der Waals surface area contributed by atoms with Gasteiger partial charge in [-0.2, -0.15) is 0 Å². The van der Waals surface area contributed by atoms with Gasteiger partial charge in [-0.05, 0) is 61.9 Å². The van der Waals surface area contributed by atoms with E-state index in [1.54, 1.807) is 11.3 Å². The maximum absolute atomic E-state index is 13.0. The Labute approximate surface area is 164 Å². The van der Waals surface area contributed by atoms with Crippen LogP contribution < -0.4 is 15.4 Å². The zero-order valence-electron chi connectivity index (χ0n) is 16.1. The Bertz CT molecular complexity index is 827. The number of nitrogens with one attached hydrogen (secondary N) is 2. The van der Waals surface area contributed by atoms with E-state index in [-0.39, 0.29) is 11.8 Å². The number of anilines is 2. The SMILES string of the molecule is CCOc1ccc(NC(=O)c2c(NC(=O)CC)sc3c2CC[C@H](C)C3)cc1. The number of fused-ring (bicyclic) bond motifs is 1. The van der Waals surface area contributed by atoms with Crippen LogP contribution in [0.1, 0.15) is 54.4 Å². The minimum Gasteiger partial charge on any atom is -0.494 e. The van der Waals surface area contributed by atoms with Crippen LogP contribution in [-0.4, -0.2) is 18.4 Å². The normalized spacial score (nSPS) is 15.7. The summed E-state index contributed by atoms with van der Waals surface area (Å²) in [4.78, 5) is 26.2. The highest BCUT2D eigenvalue weighted by molar-refractivity contribution is 7.17. The van der Waals surface area contributed by atoms with Crippen molar-refractivity contribution >= 4 is 33.8 Å². The predicted molar refractivity (Wildman–Crippen MR) is 110 cm³/mol. The van der Waals surface area contributed by atoms with Crippen molar-refractivity contribution < 1.29 is 14.3 Å². The molecule has 6 heteroatoms. The van der Waals surface area contributed by atoms with Gasteiger partial charge in [-0.25, -0.2) is 0 Å². The van der Waals surface area contributed by atoms with E-state index in [1.165, 1.54) is 4.88 Å². The lowest BCUT2D eigenvalue weighted by molar-refractivity contribution is -0.115. The molecule has 0 saturated carbocycles. The summed E-state index contributed by atoms with van der Waals surface area (Å²) in [6.07, 6.45) is 3.29. The van der Waals surface area contributed by atoms with Crippen LogP contribution in [0.5, 0.6) is 5.75 Å². The third-order valence-corrected chi connectivity index (χ3v) is 5.91. The molecule has 2 N–H and O–H groups in total. The van der Waals surface area contributed by atoms with Crippen LogP contribution in [0.25, 0.3) is 0 Å². The smallest absolute Gasteiger partial charge is 0.258 e. The van der Waals surface area contributed by atoms with E-state index in [4.69, 9.17) is 4.74 Å².